The van der Waals surface area contributed by atoms with Gasteiger partial charge in [-0.25, -0.2) is 19.7 Å². The van der Waals surface area contributed by atoms with Crippen LogP contribution in [-0.2, 0) is 27.3 Å². The number of β-amino-alcohol motifs (C(OH)–C–C–N with tert-alkyl or cyclic N) is 1. The molecule has 422 valence electrons. The van der Waals surface area contributed by atoms with E-state index in [0.29, 0.717) is 58.5 Å². The number of alkyl halides is 2. The summed E-state index contributed by atoms with van der Waals surface area (Å²) < 4.78 is 40.1. The Morgan fingerprint density at radius 1 is 0.852 bits per heavy atom. The Morgan fingerprint density at radius 3 is 2.30 bits per heavy atom. The molecule has 4 atom stereocenters. The number of carboxylic acids is 1. The standard InChI is InChI=1S/C61H64F2N8O8S2/c1-33-42(43-25-26-50(67-51(43)57(76)77)70-28-27-37-11-9-13-44(45(37)31-70)54(73)69-59-66-46-14-7-8-16-49(46)81-59)12-10-15-48(33)79-41-23-21-39(22-24-41)61(62,63)58(78)68-53(60(4,5)6)56(75)71-30-40(72)29-47(71)55(74)65-34(2)36-17-19-38(20-18-36)52-35(3)64-32-80-52/h7-20,25-26,32,34,39-41,47,53,72H,21-24,27-31H2,1-6H3,(H,65,74)(H,68,78)(H,76,77)(H,66,69,73)/t34-,39?,40+,41?,47-,53+/m0/s1. The number of aryl methyl sites for hydroxylation is 1. The quantitative estimate of drug-likeness (QED) is 0.0648. The molecule has 20 heteroatoms. The highest BCUT2D eigenvalue weighted by atomic mass is 32.1. The Balaban J connectivity index is 0.763. The van der Waals surface area contributed by atoms with Gasteiger partial charge in [-0.2, -0.15) is 8.78 Å². The van der Waals surface area contributed by atoms with Gasteiger partial charge in [0, 0.05) is 43.1 Å². The van der Waals surface area contributed by atoms with Crippen molar-refractivity contribution in [1.29, 1.82) is 0 Å². The van der Waals surface area contributed by atoms with Gasteiger partial charge in [0.15, 0.2) is 10.8 Å². The zero-order valence-corrected chi connectivity index (χ0v) is 47.4. The first-order valence-corrected chi connectivity index (χ1v) is 28.9. The number of pyridine rings is 1. The third-order valence-corrected chi connectivity index (χ3v) is 17.8. The molecule has 2 aliphatic heterocycles. The number of carbonyl (C=O) groups excluding carboxylic acids is 4. The van der Waals surface area contributed by atoms with Crippen molar-refractivity contribution in [3.8, 4) is 27.3 Å². The van der Waals surface area contributed by atoms with Gasteiger partial charge in [0.1, 0.15) is 23.7 Å². The highest BCUT2D eigenvalue weighted by molar-refractivity contribution is 7.22. The van der Waals surface area contributed by atoms with E-state index in [4.69, 9.17) is 4.74 Å². The van der Waals surface area contributed by atoms with Gasteiger partial charge in [0.05, 0.1) is 44.5 Å². The average Bonchev–Trinajstić information content (AvgIpc) is 4.26. The Hall–Kier alpha value is -7.68. The number of nitrogens with one attached hydrogen (secondary N) is 3. The van der Waals surface area contributed by atoms with Crippen LogP contribution >= 0.6 is 22.7 Å². The second kappa shape index (κ2) is 23.1. The molecule has 0 unspecified atom stereocenters. The Morgan fingerprint density at radius 2 is 1.59 bits per heavy atom. The molecule has 3 aromatic heterocycles. The summed E-state index contributed by atoms with van der Waals surface area (Å²) in [4.78, 5) is 86.3. The molecule has 1 aliphatic carbocycles. The van der Waals surface area contributed by atoms with E-state index in [1.165, 1.54) is 27.6 Å². The monoisotopic (exact) mass is 1140 g/mol. The first-order valence-electron chi connectivity index (χ1n) is 27.2. The number of aliphatic hydroxyl groups is 1. The molecule has 10 rings (SSSR count). The number of aromatic carboxylic acids is 1. The van der Waals surface area contributed by atoms with Crippen molar-refractivity contribution in [1.82, 2.24) is 30.5 Å². The molecule has 16 nitrogen and oxygen atoms in total. The topological polar surface area (TPSA) is 216 Å². The summed E-state index contributed by atoms with van der Waals surface area (Å²) in [5.74, 6) is -8.73. The number of likely N-dealkylation sites (tertiary alicyclic amines) is 1. The van der Waals surface area contributed by atoms with Gasteiger partial charge >= 0.3 is 11.9 Å². The molecule has 81 heavy (non-hydrogen) atoms. The molecule has 0 bridgehead atoms. The number of hydrogen-bond donors (Lipinski definition) is 5. The van der Waals surface area contributed by atoms with Crippen LogP contribution in [0.15, 0.2) is 103 Å². The lowest BCUT2D eigenvalue weighted by molar-refractivity contribution is -0.161. The molecule has 3 aliphatic rings. The number of nitrogens with zero attached hydrogens (tertiary/aromatic N) is 5. The minimum atomic E-state index is -3.87. The fourth-order valence-electron chi connectivity index (χ4n) is 11.3. The van der Waals surface area contributed by atoms with Gasteiger partial charge in [-0.15, -0.1) is 11.3 Å². The summed E-state index contributed by atoms with van der Waals surface area (Å²) in [6.07, 6.45) is -0.736. The molecular weight excluding hydrogens is 1070 g/mol. The van der Waals surface area contributed by atoms with E-state index in [9.17, 15) is 34.2 Å². The predicted octanol–water partition coefficient (Wildman–Crippen LogP) is 10.6. The predicted molar refractivity (Wildman–Crippen MR) is 308 cm³/mol. The van der Waals surface area contributed by atoms with Crippen LogP contribution in [0.1, 0.15) is 115 Å². The number of aliphatic hydroxyl groups excluding tert-OH is 1. The number of anilines is 2. The molecule has 1 saturated heterocycles. The van der Waals surface area contributed by atoms with Crippen LogP contribution in [0.25, 0.3) is 31.8 Å². The van der Waals surface area contributed by atoms with Gasteiger partial charge in [-0.05, 0) is 128 Å². The van der Waals surface area contributed by atoms with E-state index >= 15 is 8.78 Å². The highest BCUT2D eigenvalue weighted by Gasteiger charge is 2.52. The smallest absolute Gasteiger partial charge is 0.355 e. The van der Waals surface area contributed by atoms with E-state index in [1.54, 1.807) is 76.5 Å². The minimum absolute atomic E-state index is 0.0604. The number of carboxylic acid groups (broad SMARTS) is 1. The van der Waals surface area contributed by atoms with Crippen LogP contribution in [0, 0.1) is 25.2 Å². The summed E-state index contributed by atoms with van der Waals surface area (Å²) in [5.41, 5.74) is 7.94. The fraction of sp³-hybridized carbons (Fsp3) is 0.377. The third-order valence-electron chi connectivity index (χ3n) is 15.8. The number of rotatable bonds is 15. The zero-order chi connectivity index (χ0) is 57.5. The lowest BCUT2D eigenvalue weighted by Crippen LogP contribution is -2.60. The largest absolute Gasteiger partial charge is 0.490 e. The first kappa shape index (κ1) is 56.6. The number of halogens is 2. The Labute approximate surface area is 476 Å². The normalized spacial score (nSPS) is 19.1. The average molecular weight is 1140 g/mol. The molecule has 0 radical (unpaired) electrons. The lowest BCUT2D eigenvalue weighted by Gasteiger charge is -2.38. The number of ether oxygens (including phenoxy) is 1. The number of aromatic nitrogens is 3. The van der Waals surface area contributed by atoms with E-state index < -0.39 is 71.3 Å². The van der Waals surface area contributed by atoms with Crippen LogP contribution < -0.4 is 25.6 Å². The van der Waals surface area contributed by atoms with Gasteiger partial charge in [-0.1, -0.05) is 92.8 Å². The number of benzene rings is 4. The number of para-hydroxylation sites is 1. The number of amides is 4. The van der Waals surface area contributed by atoms with Gasteiger partial charge in [0.2, 0.25) is 11.8 Å². The summed E-state index contributed by atoms with van der Waals surface area (Å²) in [6, 6.07) is 26.7. The van der Waals surface area contributed by atoms with Crippen LogP contribution in [0.3, 0.4) is 0 Å². The van der Waals surface area contributed by atoms with Gasteiger partial charge in [0.25, 0.3) is 11.8 Å². The molecule has 4 aromatic carbocycles. The number of hydrogen-bond acceptors (Lipinski definition) is 13. The third kappa shape index (κ3) is 11.9. The molecule has 5 N–H and O–H groups in total. The first-order chi connectivity index (χ1) is 38.6. The van der Waals surface area contributed by atoms with E-state index in [1.807, 2.05) is 72.5 Å². The van der Waals surface area contributed by atoms with Crippen molar-refractivity contribution in [2.24, 2.45) is 11.3 Å². The van der Waals surface area contributed by atoms with Crippen molar-refractivity contribution in [2.75, 3.05) is 23.3 Å². The minimum Gasteiger partial charge on any atom is -0.490 e. The zero-order valence-electron chi connectivity index (χ0n) is 45.8. The molecule has 4 amide bonds. The molecule has 1 saturated carbocycles. The van der Waals surface area contributed by atoms with Crippen LogP contribution in [0.2, 0.25) is 0 Å². The highest BCUT2D eigenvalue weighted by Crippen LogP contribution is 2.41. The maximum absolute atomic E-state index is 16.4. The van der Waals surface area contributed by atoms with Crippen LogP contribution in [-0.4, -0.2) is 103 Å². The van der Waals surface area contributed by atoms with Crippen molar-refractivity contribution in [3.05, 3.63) is 142 Å². The van der Waals surface area contributed by atoms with E-state index in [2.05, 4.69) is 30.9 Å². The Kier molecular flexibility index (Phi) is 16.1. The van der Waals surface area contributed by atoms with Crippen molar-refractivity contribution >= 4 is 73.4 Å². The number of carbonyl (C=O) groups is 5. The second-order valence-corrected chi connectivity index (χ2v) is 24.2. The van der Waals surface area contributed by atoms with Crippen molar-refractivity contribution in [2.45, 2.75) is 123 Å². The molecule has 5 heterocycles. The number of fused-ring (bicyclic) bond motifs is 2. The summed E-state index contributed by atoms with van der Waals surface area (Å²) in [6.45, 7) is 11.1. The lowest BCUT2D eigenvalue weighted by atomic mass is 9.81. The molecule has 7 aromatic rings. The Bertz CT molecular complexity index is 3500. The fourth-order valence-corrected chi connectivity index (χ4v) is 12.9. The van der Waals surface area contributed by atoms with E-state index in [-0.39, 0.29) is 50.2 Å². The SMILES string of the molecule is Cc1ncsc1-c1ccc([C@H](C)NC(=O)[C@@H]2C[C@@H](O)CN2C(=O)[C@@H](NC(=O)C(F)(F)C2CCC(Oc3cccc(-c4ccc(N5CCc6cccc(C(=O)Nc7nc8ccccc8s7)c6C5)nc4C(=O)O)c3C)CC2)C(C)(C)C)cc1. The summed E-state index contributed by atoms with van der Waals surface area (Å²) >= 11 is 2.92. The van der Waals surface area contributed by atoms with Crippen LogP contribution in [0.4, 0.5) is 19.7 Å². The van der Waals surface area contributed by atoms with Gasteiger partial charge < -0.3 is 35.4 Å². The second-order valence-electron chi connectivity index (χ2n) is 22.4. The summed E-state index contributed by atoms with van der Waals surface area (Å²) in [7, 11) is 0. The molecule has 0 spiro atoms. The maximum atomic E-state index is 16.4. The van der Waals surface area contributed by atoms with Crippen molar-refractivity contribution < 1.29 is 47.7 Å². The maximum Gasteiger partial charge on any atom is 0.355 e. The molecule has 2 fully saturated rings. The molecular formula is C61H64F2N8O8S2. The summed E-state index contributed by atoms with van der Waals surface area (Å²) in [5, 5.41) is 30.1. The number of thiazole rings is 2. The van der Waals surface area contributed by atoms with Crippen molar-refractivity contribution in [3.63, 3.8) is 0 Å². The van der Waals surface area contributed by atoms with E-state index in [0.717, 1.165) is 43.0 Å². The van der Waals surface area contributed by atoms with Gasteiger partial charge in [-0.3, -0.25) is 24.5 Å². The van der Waals surface area contributed by atoms with Crippen LogP contribution in [0.5, 0.6) is 5.75 Å².